The molecule has 0 aliphatic carbocycles. The number of hydrogen-bond acceptors (Lipinski definition) is 5. The van der Waals surface area contributed by atoms with E-state index in [-0.39, 0.29) is 12.2 Å². The number of aromatic hydroxyl groups is 1. The summed E-state index contributed by atoms with van der Waals surface area (Å²) < 4.78 is 4.65. The monoisotopic (exact) mass is 295 g/mol. The van der Waals surface area contributed by atoms with E-state index in [4.69, 9.17) is 15.3 Å². The highest BCUT2D eigenvalue weighted by Crippen LogP contribution is 2.22. The Hall–Kier alpha value is -2.61. The van der Waals surface area contributed by atoms with Crippen LogP contribution in [-0.4, -0.2) is 51.4 Å². The molecule has 1 heterocycles. The Labute approximate surface area is 119 Å². The fourth-order valence-corrected chi connectivity index (χ4v) is 1.82. The van der Waals surface area contributed by atoms with Crippen LogP contribution in [0.15, 0.2) is 24.3 Å². The summed E-state index contributed by atoms with van der Waals surface area (Å²) in [5.41, 5.74) is 0.604. The molecule has 8 heteroatoms. The van der Waals surface area contributed by atoms with Gasteiger partial charge in [-0.15, -0.1) is 0 Å². The molecule has 1 amide bonds. The minimum Gasteiger partial charge on any atom is -0.508 e. The van der Waals surface area contributed by atoms with Gasteiger partial charge in [0, 0.05) is 6.42 Å². The Kier molecular flexibility index (Phi) is 4.08. The molecule has 3 atom stereocenters. The summed E-state index contributed by atoms with van der Waals surface area (Å²) in [6.07, 6.45) is -2.36. The molecule has 1 fully saturated rings. The predicted octanol–water partition coefficient (Wildman–Crippen LogP) is -0.644. The van der Waals surface area contributed by atoms with Crippen LogP contribution in [-0.2, 0) is 25.5 Å². The number of carboxylic acid groups (broad SMARTS) is 2. The molecule has 0 radical (unpaired) electrons. The average molecular weight is 295 g/mol. The summed E-state index contributed by atoms with van der Waals surface area (Å²) in [5.74, 6) is -3.23. The van der Waals surface area contributed by atoms with E-state index >= 15 is 0 Å². The van der Waals surface area contributed by atoms with Crippen molar-refractivity contribution in [1.29, 1.82) is 0 Å². The Balaban J connectivity index is 1.97. The average Bonchev–Trinajstić information content (AvgIpc) is 3.20. The van der Waals surface area contributed by atoms with E-state index in [0.717, 1.165) is 0 Å². The lowest BCUT2D eigenvalue weighted by molar-refractivity contribution is -0.141. The highest BCUT2D eigenvalue weighted by atomic mass is 16.6. The molecular weight excluding hydrogens is 282 g/mol. The standard InChI is InChI=1S/C13H13NO7/c15-7-3-1-6(2-4-7)5-8(12(17)18)14-11(16)9-10(21-9)13(19)20/h1-4,8-10,15H,5H2,(H,14,16)(H,17,18)(H,19,20). The van der Waals surface area contributed by atoms with Crippen molar-refractivity contribution in [2.45, 2.75) is 24.7 Å². The lowest BCUT2D eigenvalue weighted by Crippen LogP contribution is -2.44. The number of phenols is 1. The maximum atomic E-state index is 11.7. The van der Waals surface area contributed by atoms with E-state index in [0.29, 0.717) is 5.56 Å². The third kappa shape index (κ3) is 3.69. The molecule has 2 rings (SSSR count). The zero-order chi connectivity index (χ0) is 15.6. The molecule has 1 aliphatic rings. The molecule has 0 spiro atoms. The molecule has 0 bridgehead atoms. The van der Waals surface area contributed by atoms with E-state index in [1.165, 1.54) is 24.3 Å². The first-order valence-corrected chi connectivity index (χ1v) is 6.08. The van der Waals surface area contributed by atoms with Gasteiger partial charge in [-0.1, -0.05) is 12.1 Å². The second-order valence-corrected chi connectivity index (χ2v) is 4.59. The molecular formula is C13H13NO7. The van der Waals surface area contributed by atoms with Crippen molar-refractivity contribution in [2.75, 3.05) is 0 Å². The lowest BCUT2D eigenvalue weighted by Gasteiger charge is -2.13. The molecule has 1 aromatic carbocycles. The number of epoxide rings is 1. The van der Waals surface area contributed by atoms with E-state index in [2.05, 4.69) is 10.1 Å². The van der Waals surface area contributed by atoms with Crippen molar-refractivity contribution in [3.63, 3.8) is 0 Å². The van der Waals surface area contributed by atoms with Crippen molar-refractivity contribution in [3.05, 3.63) is 29.8 Å². The number of nitrogens with one attached hydrogen (secondary N) is 1. The Morgan fingerprint density at radius 3 is 2.24 bits per heavy atom. The van der Waals surface area contributed by atoms with Gasteiger partial charge in [0.15, 0.2) is 12.2 Å². The van der Waals surface area contributed by atoms with E-state index in [1.54, 1.807) is 0 Å². The number of phenolic OH excluding ortho intramolecular Hbond substituents is 1. The van der Waals surface area contributed by atoms with Crippen molar-refractivity contribution >= 4 is 17.8 Å². The summed E-state index contributed by atoms with van der Waals surface area (Å²) in [5, 5.41) is 29.1. The number of carbonyl (C=O) groups excluding carboxylic acids is 1. The van der Waals surface area contributed by atoms with Crippen molar-refractivity contribution in [2.24, 2.45) is 0 Å². The number of carbonyl (C=O) groups is 3. The van der Waals surface area contributed by atoms with Gasteiger partial charge >= 0.3 is 11.9 Å². The van der Waals surface area contributed by atoms with Crippen LogP contribution < -0.4 is 5.32 Å². The van der Waals surface area contributed by atoms with Crippen LogP contribution in [0.1, 0.15) is 5.56 Å². The smallest absolute Gasteiger partial charge is 0.336 e. The first-order valence-electron chi connectivity index (χ1n) is 6.08. The number of carboxylic acids is 2. The summed E-state index contributed by atoms with van der Waals surface area (Å²) in [4.78, 5) is 33.4. The fourth-order valence-electron chi connectivity index (χ4n) is 1.82. The van der Waals surface area contributed by atoms with Gasteiger partial charge in [0.05, 0.1) is 0 Å². The Morgan fingerprint density at radius 2 is 1.76 bits per heavy atom. The first kappa shape index (κ1) is 14.8. The van der Waals surface area contributed by atoms with Crippen LogP contribution in [0.5, 0.6) is 5.75 Å². The zero-order valence-corrected chi connectivity index (χ0v) is 10.7. The minimum absolute atomic E-state index is 0.00577. The zero-order valence-electron chi connectivity index (χ0n) is 10.7. The topological polar surface area (TPSA) is 136 Å². The molecule has 0 aromatic heterocycles. The number of benzene rings is 1. The number of rotatable bonds is 6. The van der Waals surface area contributed by atoms with Crippen LogP contribution in [0, 0.1) is 0 Å². The van der Waals surface area contributed by atoms with Gasteiger partial charge in [-0.05, 0) is 17.7 Å². The van der Waals surface area contributed by atoms with Crippen LogP contribution in [0.25, 0.3) is 0 Å². The van der Waals surface area contributed by atoms with Crippen LogP contribution in [0.3, 0.4) is 0 Å². The molecule has 1 aliphatic heterocycles. The third-order valence-corrected chi connectivity index (χ3v) is 2.98. The molecule has 3 unspecified atom stereocenters. The number of aliphatic carboxylic acids is 2. The van der Waals surface area contributed by atoms with E-state index < -0.39 is 36.1 Å². The molecule has 8 nitrogen and oxygen atoms in total. The largest absolute Gasteiger partial charge is 0.508 e. The highest BCUT2D eigenvalue weighted by Gasteiger charge is 2.51. The van der Waals surface area contributed by atoms with Gasteiger partial charge < -0.3 is 25.4 Å². The first-order chi connectivity index (χ1) is 9.88. The van der Waals surface area contributed by atoms with E-state index in [9.17, 15) is 14.4 Å². The lowest BCUT2D eigenvalue weighted by atomic mass is 10.1. The molecule has 4 N–H and O–H groups in total. The number of amides is 1. The maximum absolute atomic E-state index is 11.7. The Bertz CT molecular complexity index is 568. The molecule has 112 valence electrons. The SMILES string of the molecule is O=C(O)C(Cc1ccc(O)cc1)NC(=O)C1OC1C(=O)O. The summed E-state index contributed by atoms with van der Waals surface area (Å²) in [6, 6.07) is 4.66. The molecule has 1 aromatic rings. The summed E-state index contributed by atoms with van der Waals surface area (Å²) >= 11 is 0. The van der Waals surface area contributed by atoms with Gasteiger partial charge in [0.2, 0.25) is 0 Å². The van der Waals surface area contributed by atoms with Crippen molar-refractivity contribution in [3.8, 4) is 5.75 Å². The van der Waals surface area contributed by atoms with Gasteiger partial charge in [0.1, 0.15) is 11.8 Å². The van der Waals surface area contributed by atoms with Crippen molar-refractivity contribution < 1.29 is 34.4 Å². The maximum Gasteiger partial charge on any atom is 0.336 e. The second kappa shape index (κ2) is 5.80. The van der Waals surface area contributed by atoms with Crippen molar-refractivity contribution in [1.82, 2.24) is 5.32 Å². The molecule has 21 heavy (non-hydrogen) atoms. The molecule has 1 saturated heterocycles. The quantitative estimate of drug-likeness (QED) is 0.512. The normalized spacial score (nSPS) is 21.3. The summed E-state index contributed by atoms with van der Waals surface area (Å²) in [6.45, 7) is 0. The predicted molar refractivity (Wildman–Crippen MR) is 67.7 cm³/mol. The van der Waals surface area contributed by atoms with Gasteiger partial charge in [-0.25, -0.2) is 9.59 Å². The number of ether oxygens (including phenoxy) is 1. The third-order valence-electron chi connectivity index (χ3n) is 2.98. The molecule has 0 saturated carbocycles. The van der Waals surface area contributed by atoms with Crippen LogP contribution >= 0.6 is 0 Å². The van der Waals surface area contributed by atoms with Crippen LogP contribution in [0.2, 0.25) is 0 Å². The second-order valence-electron chi connectivity index (χ2n) is 4.59. The highest BCUT2D eigenvalue weighted by molar-refractivity contribution is 5.94. The van der Waals surface area contributed by atoms with Gasteiger partial charge in [0.25, 0.3) is 5.91 Å². The minimum atomic E-state index is -1.26. The fraction of sp³-hybridized carbons (Fsp3) is 0.308. The van der Waals surface area contributed by atoms with Gasteiger partial charge in [-0.2, -0.15) is 0 Å². The summed E-state index contributed by atoms with van der Waals surface area (Å²) in [7, 11) is 0. The van der Waals surface area contributed by atoms with Gasteiger partial charge in [-0.3, -0.25) is 4.79 Å². The number of hydrogen-bond donors (Lipinski definition) is 4. The Morgan fingerprint density at radius 1 is 1.14 bits per heavy atom. The van der Waals surface area contributed by atoms with E-state index in [1.807, 2.05) is 0 Å². The van der Waals surface area contributed by atoms with Crippen LogP contribution in [0.4, 0.5) is 0 Å².